The number of Topliss-reactive ketones (excluding diaryl/α,β-unsaturated/α-hetero) is 2. The minimum absolute atomic E-state index is 0. The van der Waals surface area contributed by atoms with Crippen molar-refractivity contribution in [1.82, 2.24) is 9.80 Å². The van der Waals surface area contributed by atoms with E-state index in [4.69, 9.17) is 9.47 Å². The first-order valence-corrected chi connectivity index (χ1v) is 13.9. The second kappa shape index (κ2) is 19.4. The molecule has 2 heterocycles. The van der Waals surface area contributed by atoms with Crippen LogP contribution in [0.15, 0.2) is 48.5 Å². The zero-order valence-electron chi connectivity index (χ0n) is 24.7. The molecule has 2 aliphatic heterocycles. The number of ether oxygens (including phenoxy) is 3. The van der Waals surface area contributed by atoms with Gasteiger partial charge < -0.3 is 24.1 Å². The molecular formula is C31H39LiN2O8. The zero-order chi connectivity index (χ0) is 29.5. The van der Waals surface area contributed by atoms with Crippen LogP contribution in [0.2, 0.25) is 0 Å². The third-order valence-corrected chi connectivity index (χ3v) is 6.91. The molecule has 2 saturated heterocycles. The summed E-state index contributed by atoms with van der Waals surface area (Å²) in [5, 5.41) is 10.3. The van der Waals surface area contributed by atoms with E-state index in [1.807, 2.05) is 36.4 Å². The van der Waals surface area contributed by atoms with E-state index >= 15 is 0 Å². The van der Waals surface area contributed by atoms with Crippen LogP contribution < -0.4 is 24.0 Å². The van der Waals surface area contributed by atoms with Gasteiger partial charge in [-0.15, -0.1) is 0 Å². The van der Waals surface area contributed by atoms with Crippen LogP contribution in [0.3, 0.4) is 0 Å². The van der Waals surface area contributed by atoms with Gasteiger partial charge in [0.25, 0.3) is 0 Å². The summed E-state index contributed by atoms with van der Waals surface area (Å²) in [5.41, 5.74) is 3.52. The first-order chi connectivity index (χ1) is 19.8. The quantitative estimate of drug-likeness (QED) is 0.175. The predicted octanol–water partition coefficient (Wildman–Crippen LogP) is -1.11. The molecule has 0 atom stereocenters. The molecule has 0 spiro atoms. The van der Waals surface area contributed by atoms with Gasteiger partial charge in [0, 0.05) is 69.2 Å². The average Bonchev–Trinajstić information content (AvgIpc) is 3.00. The van der Waals surface area contributed by atoms with Gasteiger partial charge >= 0.3 is 24.8 Å². The molecule has 0 radical (unpaired) electrons. The first-order valence-electron chi connectivity index (χ1n) is 13.9. The van der Waals surface area contributed by atoms with E-state index in [-0.39, 0.29) is 62.1 Å². The SMILES string of the molecule is COC(=O)CCC(=O)c1ccc(CN2CCOCC2)cc1.O=C([O-])CCC(=O)c1ccc(CN2CCOCC2)cc1.[Li+]. The van der Waals surface area contributed by atoms with Gasteiger partial charge in [-0.2, -0.15) is 0 Å². The standard InChI is InChI=1S/C16H21NO4.C15H19NO4.Li/c1-20-16(19)7-6-15(18)14-4-2-13(3-5-14)12-17-8-10-21-11-9-17;17-14(5-6-15(18)19)13-3-1-12(2-4-13)11-16-7-9-20-10-8-16;/h2-5H,6-12H2,1H3;1-4H,5-11H2,(H,18,19);/q;;+1/p-1. The Balaban J connectivity index is 0.000000287. The third kappa shape index (κ3) is 13.0. The number of carbonyl (C=O) groups excluding carboxylic acids is 4. The largest absolute Gasteiger partial charge is 1.00 e. The molecule has 0 amide bonds. The topological polar surface area (TPSA) is 126 Å². The molecule has 2 aromatic rings. The summed E-state index contributed by atoms with van der Waals surface area (Å²) in [4.78, 5) is 49.7. The Kier molecular flexibility index (Phi) is 16.3. The molecule has 0 N–H and O–H groups in total. The van der Waals surface area contributed by atoms with Crippen LogP contribution in [-0.2, 0) is 36.9 Å². The van der Waals surface area contributed by atoms with Gasteiger partial charge in [-0.25, -0.2) is 0 Å². The van der Waals surface area contributed by atoms with Crippen molar-refractivity contribution in [1.29, 1.82) is 0 Å². The molecule has 10 nitrogen and oxygen atoms in total. The van der Waals surface area contributed by atoms with Gasteiger partial charge in [0.05, 0.1) is 40.0 Å². The Morgan fingerprint density at radius 2 is 1.05 bits per heavy atom. The van der Waals surface area contributed by atoms with Crippen molar-refractivity contribution in [3.05, 3.63) is 70.8 Å². The molecule has 42 heavy (non-hydrogen) atoms. The van der Waals surface area contributed by atoms with Crippen molar-refractivity contribution in [3.8, 4) is 0 Å². The molecule has 0 saturated carbocycles. The normalized spacial score (nSPS) is 15.5. The van der Waals surface area contributed by atoms with E-state index in [0.717, 1.165) is 71.3 Å². The van der Waals surface area contributed by atoms with Crippen molar-refractivity contribution in [3.63, 3.8) is 0 Å². The Morgan fingerprint density at radius 1 is 0.667 bits per heavy atom. The van der Waals surface area contributed by atoms with Crippen LogP contribution in [0.5, 0.6) is 0 Å². The summed E-state index contributed by atoms with van der Waals surface area (Å²) < 4.78 is 15.1. The molecule has 2 aromatic carbocycles. The number of morpholine rings is 2. The molecular weight excluding hydrogens is 535 g/mol. The number of benzene rings is 2. The minimum atomic E-state index is -1.19. The zero-order valence-corrected chi connectivity index (χ0v) is 24.7. The number of rotatable bonds is 12. The number of esters is 1. The van der Waals surface area contributed by atoms with Gasteiger partial charge in [0.15, 0.2) is 11.6 Å². The Morgan fingerprint density at radius 3 is 1.40 bits per heavy atom. The average molecular weight is 575 g/mol. The number of hydrogen-bond acceptors (Lipinski definition) is 10. The van der Waals surface area contributed by atoms with Crippen LogP contribution in [0.1, 0.15) is 57.5 Å². The Hall–Kier alpha value is -2.84. The van der Waals surface area contributed by atoms with E-state index in [1.54, 1.807) is 12.1 Å². The molecule has 0 aliphatic carbocycles. The van der Waals surface area contributed by atoms with Crippen LogP contribution in [0.4, 0.5) is 0 Å². The second-order valence-corrected chi connectivity index (χ2v) is 9.97. The molecule has 222 valence electrons. The second-order valence-electron chi connectivity index (χ2n) is 9.97. The number of nitrogens with zero attached hydrogens (tertiary/aromatic N) is 2. The fourth-order valence-corrected chi connectivity index (χ4v) is 4.45. The summed E-state index contributed by atoms with van der Waals surface area (Å²) in [6.45, 7) is 8.54. The van der Waals surface area contributed by atoms with Gasteiger partial charge in [0.1, 0.15) is 0 Å². The number of hydrogen-bond donors (Lipinski definition) is 0. The summed E-state index contributed by atoms with van der Waals surface area (Å²) in [6.07, 6.45) is 0.0832. The van der Waals surface area contributed by atoms with E-state index in [1.165, 1.54) is 12.7 Å². The third-order valence-electron chi connectivity index (χ3n) is 6.91. The summed E-state index contributed by atoms with van der Waals surface area (Å²) >= 11 is 0. The van der Waals surface area contributed by atoms with Gasteiger partial charge in [-0.3, -0.25) is 24.2 Å². The molecule has 11 heteroatoms. The summed E-state index contributed by atoms with van der Waals surface area (Å²) in [6, 6.07) is 15.0. The van der Waals surface area contributed by atoms with E-state index in [9.17, 15) is 24.3 Å². The number of carbonyl (C=O) groups is 4. The molecule has 0 unspecified atom stereocenters. The van der Waals surface area contributed by atoms with Gasteiger partial charge in [-0.05, 0) is 17.5 Å². The Bertz CT molecular complexity index is 1130. The van der Waals surface area contributed by atoms with Crippen molar-refractivity contribution in [2.75, 3.05) is 59.7 Å². The number of carboxylic acids is 1. The number of ketones is 2. The van der Waals surface area contributed by atoms with Crippen molar-refractivity contribution in [2.45, 2.75) is 38.8 Å². The number of methoxy groups -OCH3 is 1. The maximum Gasteiger partial charge on any atom is 1.00 e. The first kappa shape index (κ1) is 35.4. The molecule has 2 fully saturated rings. The molecule has 0 bridgehead atoms. The summed E-state index contributed by atoms with van der Waals surface area (Å²) in [7, 11) is 1.33. The van der Waals surface area contributed by atoms with Gasteiger partial charge in [-0.1, -0.05) is 48.5 Å². The van der Waals surface area contributed by atoms with E-state index in [0.29, 0.717) is 11.1 Å². The fraction of sp³-hybridized carbons (Fsp3) is 0.484. The van der Waals surface area contributed by atoms with Crippen LogP contribution in [-0.4, -0.2) is 93.0 Å². The van der Waals surface area contributed by atoms with Crippen LogP contribution in [0, 0.1) is 0 Å². The number of carboxylic acid groups (broad SMARTS) is 1. The van der Waals surface area contributed by atoms with Crippen LogP contribution in [0.25, 0.3) is 0 Å². The van der Waals surface area contributed by atoms with E-state index < -0.39 is 5.97 Å². The molecule has 4 rings (SSSR count). The fourth-order valence-electron chi connectivity index (χ4n) is 4.45. The summed E-state index contributed by atoms with van der Waals surface area (Å²) in [5.74, 6) is -1.74. The molecule has 0 aromatic heterocycles. The van der Waals surface area contributed by atoms with Gasteiger partial charge in [0.2, 0.25) is 0 Å². The monoisotopic (exact) mass is 574 g/mol. The maximum atomic E-state index is 11.9. The smallest absolute Gasteiger partial charge is 0.550 e. The maximum absolute atomic E-state index is 11.9. The number of aliphatic carboxylic acids is 1. The Labute approximate surface area is 259 Å². The van der Waals surface area contributed by atoms with Crippen molar-refractivity contribution < 1.29 is 57.4 Å². The predicted molar refractivity (Wildman–Crippen MR) is 149 cm³/mol. The molecule has 2 aliphatic rings. The van der Waals surface area contributed by atoms with Crippen LogP contribution >= 0.6 is 0 Å². The van der Waals surface area contributed by atoms with Crippen molar-refractivity contribution in [2.24, 2.45) is 0 Å². The minimum Gasteiger partial charge on any atom is -0.550 e. The van der Waals surface area contributed by atoms with Crippen molar-refractivity contribution >= 4 is 23.5 Å². The van der Waals surface area contributed by atoms with E-state index in [2.05, 4.69) is 14.5 Å².